The van der Waals surface area contributed by atoms with Crippen LogP contribution in [0.25, 0.3) is 22.0 Å². The van der Waals surface area contributed by atoms with Gasteiger partial charge in [0.2, 0.25) is 17.7 Å². The van der Waals surface area contributed by atoms with Gasteiger partial charge < -0.3 is 15.4 Å². The molecule has 1 saturated carbocycles. The number of carbonyl (C=O) groups is 1. The number of fused-ring (bicyclic) bond motifs is 1. The van der Waals surface area contributed by atoms with E-state index >= 15 is 0 Å². The number of benzene rings is 2. The van der Waals surface area contributed by atoms with Gasteiger partial charge in [-0.2, -0.15) is 0 Å². The van der Waals surface area contributed by atoms with E-state index in [1.807, 2.05) is 41.4 Å². The predicted molar refractivity (Wildman–Crippen MR) is 140 cm³/mol. The monoisotopic (exact) mass is 477 g/mol. The van der Waals surface area contributed by atoms with Gasteiger partial charge in [0, 0.05) is 42.9 Å². The minimum Gasteiger partial charge on any atom is -0.439 e. The van der Waals surface area contributed by atoms with Crippen molar-refractivity contribution in [3.8, 4) is 22.8 Å². The second-order valence-corrected chi connectivity index (χ2v) is 9.53. The standard InChI is InChI=1S/C29H27N5O2/c1-2-27(35)34-12-10-21(17-34)25-14-22(13-23-16-32-29(30)33-28(23)25)19-5-7-24(8-6-19)36-26-15-20(9-11-31-26)18-3-4-18/h2,5-9,11,13-16,18,21H,1,3-4,10,12,17H2,(H2,30,32,33). The maximum absolute atomic E-state index is 12.2. The Bertz CT molecular complexity index is 1460. The Morgan fingerprint density at radius 1 is 1.03 bits per heavy atom. The van der Waals surface area contributed by atoms with Crippen molar-refractivity contribution in [3.05, 3.63) is 84.7 Å². The van der Waals surface area contributed by atoms with Gasteiger partial charge in [-0.3, -0.25) is 4.79 Å². The van der Waals surface area contributed by atoms with Crippen LogP contribution in [0.3, 0.4) is 0 Å². The Balaban J connectivity index is 1.30. The summed E-state index contributed by atoms with van der Waals surface area (Å²) in [5.41, 5.74) is 11.3. The van der Waals surface area contributed by atoms with Gasteiger partial charge in [0.05, 0.1) is 5.52 Å². The highest BCUT2D eigenvalue weighted by Gasteiger charge is 2.28. The van der Waals surface area contributed by atoms with Crippen molar-refractivity contribution in [2.75, 3.05) is 18.8 Å². The van der Waals surface area contributed by atoms with Crippen LogP contribution >= 0.6 is 0 Å². The number of likely N-dealkylation sites (tertiary alicyclic amines) is 1. The van der Waals surface area contributed by atoms with E-state index in [4.69, 9.17) is 10.5 Å². The molecule has 1 saturated heterocycles. The summed E-state index contributed by atoms with van der Waals surface area (Å²) in [6.07, 6.45) is 8.30. The van der Waals surface area contributed by atoms with E-state index in [9.17, 15) is 4.79 Å². The highest BCUT2D eigenvalue weighted by Crippen LogP contribution is 2.41. The van der Waals surface area contributed by atoms with Crippen LogP contribution in [-0.2, 0) is 4.79 Å². The van der Waals surface area contributed by atoms with Crippen molar-refractivity contribution in [2.45, 2.75) is 31.1 Å². The predicted octanol–water partition coefficient (Wildman–Crippen LogP) is 5.45. The smallest absolute Gasteiger partial charge is 0.245 e. The molecule has 2 aromatic carbocycles. The Kier molecular flexibility index (Phi) is 5.60. The van der Waals surface area contributed by atoms with Crippen LogP contribution in [0, 0.1) is 0 Å². The average Bonchev–Trinajstić information content (AvgIpc) is 3.65. The summed E-state index contributed by atoms with van der Waals surface area (Å²) in [5, 5.41) is 0.923. The van der Waals surface area contributed by atoms with Gasteiger partial charge in [0.25, 0.3) is 0 Å². The van der Waals surface area contributed by atoms with Crippen molar-refractivity contribution in [1.29, 1.82) is 0 Å². The Morgan fingerprint density at radius 3 is 2.64 bits per heavy atom. The Labute approximate surface area is 209 Å². The summed E-state index contributed by atoms with van der Waals surface area (Å²) in [7, 11) is 0. The van der Waals surface area contributed by atoms with E-state index < -0.39 is 0 Å². The van der Waals surface area contributed by atoms with E-state index in [1.165, 1.54) is 24.5 Å². The van der Waals surface area contributed by atoms with Crippen molar-refractivity contribution >= 4 is 22.8 Å². The minimum absolute atomic E-state index is 0.0418. The second-order valence-electron chi connectivity index (χ2n) is 9.53. The summed E-state index contributed by atoms with van der Waals surface area (Å²) in [6.45, 7) is 4.95. The number of hydrogen-bond acceptors (Lipinski definition) is 6. The Hall–Kier alpha value is -4.26. The van der Waals surface area contributed by atoms with Crippen LogP contribution in [0.4, 0.5) is 5.95 Å². The van der Waals surface area contributed by atoms with Gasteiger partial charge in [0.1, 0.15) is 5.75 Å². The zero-order valence-electron chi connectivity index (χ0n) is 19.9. The first-order valence-electron chi connectivity index (χ1n) is 12.3. The minimum atomic E-state index is -0.0418. The van der Waals surface area contributed by atoms with Crippen LogP contribution in [0.1, 0.15) is 42.2 Å². The molecule has 3 heterocycles. The third-order valence-corrected chi connectivity index (χ3v) is 7.06. The lowest BCUT2D eigenvalue weighted by Gasteiger charge is -2.17. The van der Waals surface area contributed by atoms with Crippen molar-refractivity contribution in [2.24, 2.45) is 0 Å². The van der Waals surface area contributed by atoms with Gasteiger partial charge in [-0.25, -0.2) is 15.0 Å². The molecule has 7 heteroatoms. The SMILES string of the molecule is C=CC(=O)N1CCC(c2cc(-c3ccc(Oc4cc(C5CC5)ccn4)cc3)cc3cnc(N)nc23)C1. The second kappa shape index (κ2) is 9.07. The summed E-state index contributed by atoms with van der Waals surface area (Å²) in [6, 6.07) is 16.4. The number of nitrogens with two attached hydrogens (primary N) is 1. The quantitative estimate of drug-likeness (QED) is 0.371. The molecule has 2 aromatic heterocycles. The molecule has 36 heavy (non-hydrogen) atoms. The zero-order valence-corrected chi connectivity index (χ0v) is 19.9. The normalized spacial score (nSPS) is 17.3. The molecule has 0 spiro atoms. The topological polar surface area (TPSA) is 94.2 Å². The van der Waals surface area contributed by atoms with Crippen LogP contribution in [0.2, 0.25) is 0 Å². The maximum atomic E-state index is 12.2. The van der Waals surface area contributed by atoms with Crippen molar-refractivity contribution in [1.82, 2.24) is 19.9 Å². The first-order chi connectivity index (χ1) is 17.6. The summed E-state index contributed by atoms with van der Waals surface area (Å²) >= 11 is 0. The lowest BCUT2D eigenvalue weighted by Crippen LogP contribution is -2.26. The number of ether oxygens (including phenoxy) is 1. The molecule has 0 radical (unpaired) electrons. The number of hydrogen-bond donors (Lipinski definition) is 1. The number of nitrogens with zero attached hydrogens (tertiary/aromatic N) is 4. The van der Waals surface area contributed by atoms with Crippen molar-refractivity contribution < 1.29 is 9.53 Å². The summed E-state index contributed by atoms with van der Waals surface area (Å²) < 4.78 is 6.03. The third-order valence-electron chi connectivity index (χ3n) is 7.06. The molecular weight excluding hydrogens is 450 g/mol. The van der Waals surface area contributed by atoms with Gasteiger partial charge >= 0.3 is 0 Å². The molecule has 2 aliphatic rings. The molecule has 0 bridgehead atoms. The molecule has 6 rings (SSSR count). The molecule has 1 amide bonds. The van der Waals surface area contributed by atoms with E-state index in [2.05, 4.69) is 39.7 Å². The fourth-order valence-electron chi connectivity index (χ4n) is 5.00. The maximum Gasteiger partial charge on any atom is 0.245 e. The lowest BCUT2D eigenvalue weighted by molar-refractivity contribution is -0.125. The average molecular weight is 478 g/mol. The highest BCUT2D eigenvalue weighted by molar-refractivity contribution is 5.89. The van der Waals surface area contributed by atoms with Gasteiger partial charge in [0.15, 0.2) is 0 Å². The third kappa shape index (κ3) is 4.40. The van der Waals surface area contributed by atoms with E-state index in [0.717, 1.165) is 39.8 Å². The van der Waals surface area contributed by atoms with Crippen LogP contribution in [-0.4, -0.2) is 38.8 Å². The largest absolute Gasteiger partial charge is 0.439 e. The van der Waals surface area contributed by atoms with Gasteiger partial charge in [-0.1, -0.05) is 18.7 Å². The van der Waals surface area contributed by atoms with Crippen LogP contribution in [0.5, 0.6) is 11.6 Å². The molecule has 180 valence electrons. The number of carbonyl (C=O) groups excluding carboxylic acids is 1. The molecule has 2 fully saturated rings. The van der Waals surface area contributed by atoms with Gasteiger partial charge in [-0.05, 0) is 83.8 Å². The number of nitrogen functional groups attached to an aromatic ring is 1. The number of aromatic nitrogens is 3. The fourth-order valence-corrected chi connectivity index (χ4v) is 5.00. The molecule has 1 aliphatic heterocycles. The molecule has 1 atom stereocenters. The highest BCUT2D eigenvalue weighted by atomic mass is 16.5. The summed E-state index contributed by atoms with van der Waals surface area (Å²) in [5.74, 6) is 2.38. The first kappa shape index (κ1) is 22.2. The molecule has 4 aromatic rings. The number of pyridine rings is 1. The van der Waals surface area contributed by atoms with Crippen molar-refractivity contribution in [3.63, 3.8) is 0 Å². The van der Waals surface area contributed by atoms with E-state index in [-0.39, 0.29) is 17.8 Å². The molecule has 1 aliphatic carbocycles. The molecular formula is C29H27N5O2. The van der Waals surface area contributed by atoms with Gasteiger partial charge in [-0.15, -0.1) is 0 Å². The summed E-state index contributed by atoms with van der Waals surface area (Å²) in [4.78, 5) is 27.1. The van der Waals surface area contributed by atoms with Crippen LogP contribution < -0.4 is 10.5 Å². The number of anilines is 1. The molecule has 2 N–H and O–H groups in total. The Morgan fingerprint density at radius 2 is 1.86 bits per heavy atom. The van der Waals surface area contributed by atoms with E-state index in [0.29, 0.717) is 24.9 Å². The number of amides is 1. The zero-order chi connectivity index (χ0) is 24.6. The molecule has 7 nitrogen and oxygen atoms in total. The lowest BCUT2D eigenvalue weighted by atomic mass is 9.92. The number of rotatable bonds is 6. The fraction of sp³-hybridized carbons (Fsp3) is 0.241. The van der Waals surface area contributed by atoms with Crippen LogP contribution in [0.15, 0.2) is 73.6 Å². The first-order valence-corrected chi connectivity index (χ1v) is 12.3. The molecule has 1 unspecified atom stereocenters. The van der Waals surface area contributed by atoms with E-state index in [1.54, 1.807) is 6.20 Å².